The van der Waals surface area contributed by atoms with Crippen LogP contribution in [0.1, 0.15) is 53.0 Å². The van der Waals surface area contributed by atoms with Crippen molar-refractivity contribution in [2.45, 2.75) is 47.5 Å². The van der Waals surface area contributed by atoms with Crippen LogP contribution in [0.25, 0.3) is 0 Å². The molecule has 0 saturated heterocycles. The molecule has 0 aliphatic heterocycles. The smallest absolute Gasteiger partial charge is 0.229 e. The standard InChI is InChI=1S/C20H31NO2/c1-8-21(9-2)18(22)20(6)16(17(20)19(3,4)5)14-10-12-15(23-7)13-11-14/h10-13,16-17H,8-9H2,1-7H3/t16-,17+,20+/m0/s1. The second-order valence-corrected chi connectivity index (χ2v) is 7.85. The highest BCUT2D eigenvalue weighted by Crippen LogP contribution is 2.71. The lowest BCUT2D eigenvalue weighted by Gasteiger charge is -2.27. The molecule has 0 radical (unpaired) electrons. The molecule has 3 heteroatoms. The van der Waals surface area contributed by atoms with E-state index in [1.165, 1.54) is 5.56 Å². The van der Waals surface area contributed by atoms with E-state index in [-0.39, 0.29) is 16.7 Å². The molecule has 0 spiro atoms. The molecule has 0 N–H and O–H groups in total. The quantitative estimate of drug-likeness (QED) is 0.809. The lowest BCUT2D eigenvalue weighted by atomic mass is 9.84. The number of hydrogen-bond acceptors (Lipinski definition) is 2. The van der Waals surface area contributed by atoms with E-state index in [4.69, 9.17) is 4.74 Å². The van der Waals surface area contributed by atoms with Gasteiger partial charge in [0.2, 0.25) is 5.91 Å². The van der Waals surface area contributed by atoms with Crippen LogP contribution < -0.4 is 4.74 Å². The molecule has 0 bridgehead atoms. The van der Waals surface area contributed by atoms with Crippen molar-refractivity contribution >= 4 is 5.91 Å². The van der Waals surface area contributed by atoms with Crippen molar-refractivity contribution in [2.24, 2.45) is 16.7 Å². The van der Waals surface area contributed by atoms with Crippen LogP contribution in [-0.2, 0) is 4.79 Å². The molecule has 3 atom stereocenters. The summed E-state index contributed by atoms with van der Waals surface area (Å²) in [6.45, 7) is 14.6. The van der Waals surface area contributed by atoms with E-state index in [1.54, 1.807) is 7.11 Å². The SMILES string of the molecule is CCN(CC)C(=O)[C@@]1(C)[C@@H](C(C)(C)C)[C@@H]1c1ccc(OC)cc1. The largest absolute Gasteiger partial charge is 0.497 e. The van der Waals surface area contributed by atoms with Crippen LogP contribution in [-0.4, -0.2) is 31.0 Å². The van der Waals surface area contributed by atoms with E-state index in [0.717, 1.165) is 18.8 Å². The molecule has 3 nitrogen and oxygen atoms in total. The molecular formula is C20H31NO2. The Kier molecular flexibility index (Phi) is 4.79. The molecule has 1 fully saturated rings. The Hall–Kier alpha value is -1.51. The van der Waals surface area contributed by atoms with Crippen LogP contribution >= 0.6 is 0 Å². The molecule has 0 aromatic heterocycles. The number of rotatable bonds is 5. The summed E-state index contributed by atoms with van der Waals surface area (Å²) < 4.78 is 5.26. The third kappa shape index (κ3) is 2.98. The van der Waals surface area contributed by atoms with Crippen molar-refractivity contribution in [1.29, 1.82) is 0 Å². The van der Waals surface area contributed by atoms with Gasteiger partial charge >= 0.3 is 0 Å². The van der Waals surface area contributed by atoms with Crippen molar-refractivity contribution < 1.29 is 9.53 Å². The van der Waals surface area contributed by atoms with Gasteiger partial charge < -0.3 is 9.64 Å². The highest BCUT2D eigenvalue weighted by molar-refractivity contribution is 5.88. The lowest BCUT2D eigenvalue weighted by Crippen LogP contribution is -2.38. The Morgan fingerprint density at radius 2 is 1.70 bits per heavy atom. The van der Waals surface area contributed by atoms with E-state index in [9.17, 15) is 4.79 Å². The maximum absolute atomic E-state index is 13.2. The van der Waals surface area contributed by atoms with Crippen LogP contribution in [0.5, 0.6) is 5.75 Å². The van der Waals surface area contributed by atoms with Crippen LogP contribution in [0, 0.1) is 16.7 Å². The monoisotopic (exact) mass is 317 g/mol. The van der Waals surface area contributed by atoms with Crippen molar-refractivity contribution in [3.8, 4) is 5.75 Å². The fourth-order valence-electron chi connectivity index (χ4n) is 4.38. The summed E-state index contributed by atoms with van der Waals surface area (Å²) in [5.41, 5.74) is 1.04. The highest BCUT2D eigenvalue weighted by atomic mass is 16.5. The van der Waals surface area contributed by atoms with E-state index in [2.05, 4.69) is 53.7 Å². The van der Waals surface area contributed by atoms with Crippen LogP contribution in [0.4, 0.5) is 0 Å². The minimum atomic E-state index is -0.307. The number of benzene rings is 1. The Morgan fingerprint density at radius 1 is 1.17 bits per heavy atom. The average molecular weight is 317 g/mol. The number of carbonyl (C=O) groups is 1. The first-order valence-electron chi connectivity index (χ1n) is 8.65. The minimum Gasteiger partial charge on any atom is -0.497 e. The van der Waals surface area contributed by atoms with Gasteiger partial charge in [-0.2, -0.15) is 0 Å². The van der Waals surface area contributed by atoms with Crippen LogP contribution in [0.3, 0.4) is 0 Å². The number of ether oxygens (including phenoxy) is 1. The molecule has 1 aromatic carbocycles. The van der Waals surface area contributed by atoms with Crippen molar-refractivity contribution in [2.75, 3.05) is 20.2 Å². The summed E-state index contributed by atoms with van der Waals surface area (Å²) in [6, 6.07) is 8.22. The van der Waals surface area contributed by atoms with Gasteiger partial charge in [0.25, 0.3) is 0 Å². The summed E-state index contributed by atoms with van der Waals surface area (Å²) in [5, 5.41) is 0. The third-order valence-electron chi connectivity index (χ3n) is 5.44. The Bertz CT molecular complexity index is 554. The van der Waals surface area contributed by atoms with E-state index in [1.807, 2.05) is 17.0 Å². The summed E-state index contributed by atoms with van der Waals surface area (Å²) in [6.07, 6.45) is 0. The molecule has 0 unspecified atom stereocenters. The maximum Gasteiger partial charge on any atom is 0.229 e. The summed E-state index contributed by atoms with van der Waals surface area (Å²) in [5.74, 6) is 1.79. The van der Waals surface area contributed by atoms with Gasteiger partial charge in [0, 0.05) is 19.0 Å². The highest BCUT2D eigenvalue weighted by Gasteiger charge is 2.70. The van der Waals surface area contributed by atoms with Gasteiger partial charge in [-0.1, -0.05) is 32.9 Å². The van der Waals surface area contributed by atoms with E-state index in [0.29, 0.717) is 11.8 Å². The zero-order valence-electron chi connectivity index (χ0n) is 15.6. The average Bonchev–Trinajstić information content (AvgIpc) is 3.16. The molecule has 1 aliphatic carbocycles. The number of methoxy groups -OCH3 is 1. The summed E-state index contributed by atoms with van der Waals surface area (Å²) in [4.78, 5) is 15.1. The number of hydrogen-bond donors (Lipinski definition) is 0. The third-order valence-corrected chi connectivity index (χ3v) is 5.44. The van der Waals surface area contributed by atoms with E-state index >= 15 is 0 Å². The fourth-order valence-corrected chi connectivity index (χ4v) is 4.38. The zero-order chi connectivity index (χ0) is 17.4. The Balaban J connectivity index is 2.38. The number of amides is 1. The first-order chi connectivity index (χ1) is 10.7. The maximum atomic E-state index is 13.2. The van der Waals surface area contributed by atoms with Crippen molar-refractivity contribution in [3.05, 3.63) is 29.8 Å². The van der Waals surface area contributed by atoms with Crippen LogP contribution in [0.15, 0.2) is 24.3 Å². The predicted octanol–water partition coefficient (Wildman–Crippen LogP) is 4.33. The molecule has 1 aromatic rings. The minimum absolute atomic E-state index is 0.0994. The normalized spacial score (nSPS) is 26.7. The van der Waals surface area contributed by atoms with E-state index < -0.39 is 0 Å². The molecule has 1 saturated carbocycles. The van der Waals surface area contributed by atoms with Gasteiger partial charge in [-0.05, 0) is 49.8 Å². The number of carbonyl (C=O) groups excluding carboxylic acids is 1. The van der Waals surface area contributed by atoms with Gasteiger partial charge in [0.1, 0.15) is 5.75 Å². The number of nitrogens with zero attached hydrogens (tertiary/aromatic N) is 1. The van der Waals surface area contributed by atoms with Crippen molar-refractivity contribution in [1.82, 2.24) is 4.90 Å². The Morgan fingerprint density at radius 3 is 2.09 bits per heavy atom. The second kappa shape index (κ2) is 6.18. The molecule has 23 heavy (non-hydrogen) atoms. The first kappa shape index (κ1) is 17.8. The lowest BCUT2D eigenvalue weighted by molar-refractivity contribution is -0.137. The molecule has 0 heterocycles. The van der Waals surface area contributed by atoms with Gasteiger partial charge in [-0.25, -0.2) is 0 Å². The second-order valence-electron chi connectivity index (χ2n) is 7.85. The van der Waals surface area contributed by atoms with Crippen molar-refractivity contribution in [3.63, 3.8) is 0 Å². The van der Waals surface area contributed by atoms with Gasteiger partial charge in [-0.3, -0.25) is 4.79 Å². The first-order valence-corrected chi connectivity index (χ1v) is 8.65. The summed E-state index contributed by atoms with van der Waals surface area (Å²) in [7, 11) is 1.68. The van der Waals surface area contributed by atoms with Crippen LogP contribution in [0.2, 0.25) is 0 Å². The molecule has 1 aliphatic rings. The van der Waals surface area contributed by atoms with Gasteiger partial charge in [0.15, 0.2) is 0 Å². The Labute approximate surface area is 141 Å². The molecule has 2 rings (SSSR count). The predicted molar refractivity (Wildman–Crippen MR) is 94.7 cm³/mol. The van der Waals surface area contributed by atoms with Gasteiger partial charge in [0.05, 0.1) is 12.5 Å². The van der Waals surface area contributed by atoms with Gasteiger partial charge in [-0.15, -0.1) is 0 Å². The topological polar surface area (TPSA) is 29.5 Å². The molecular weight excluding hydrogens is 286 g/mol. The zero-order valence-corrected chi connectivity index (χ0v) is 15.6. The fraction of sp³-hybridized carbons (Fsp3) is 0.650. The summed E-state index contributed by atoms with van der Waals surface area (Å²) >= 11 is 0. The molecule has 128 valence electrons. The molecule has 1 amide bonds.